The molecular formula is C30H25ClFN3O5S. The predicted molar refractivity (Wildman–Crippen MR) is 157 cm³/mol. The number of carbonyl (C=O) groups is 2. The van der Waals surface area contributed by atoms with Crippen molar-refractivity contribution in [3.05, 3.63) is 88.5 Å². The number of hydrogen-bond donors (Lipinski definition) is 3. The first-order valence-electron chi connectivity index (χ1n) is 12.8. The monoisotopic (exact) mass is 593 g/mol. The summed E-state index contributed by atoms with van der Waals surface area (Å²) >= 11 is 7.84. The maximum atomic E-state index is 13.5. The Morgan fingerprint density at radius 1 is 1.05 bits per heavy atom. The van der Waals surface area contributed by atoms with Gasteiger partial charge in [0, 0.05) is 22.2 Å². The third-order valence-electron chi connectivity index (χ3n) is 6.93. The van der Waals surface area contributed by atoms with Crippen LogP contribution in [0.5, 0.6) is 5.75 Å². The number of nitrogens with zero attached hydrogens (tertiary/aromatic N) is 2. The molecule has 5 rings (SSSR count). The minimum Gasteiger partial charge on any atom is -0.487 e. The standard InChI is InChI=1S/C30H25ClFN3O5S/c1-3-24-34-26(33-19-9-11-22(21(31)14-19)40-15-16-6-5-7-18(32)12-16)25-20-10-8-17(13-23(20)41-27(25)35-24)30(4-2,28(36)37)29(38)39/h5-14H,3-4,15H2,1-2H3,(H,36,37)(H,38,39)(H,33,34,35). The van der Waals surface area contributed by atoms with Gasteiger partial charge in [0.1, 0.15) is 34.6 Å². The van der Waals surface area contributed by atoms with Gasteiger partial charge in [-0.25, -0.2) is 14.4 Å². The molecule has 210 valence electrons. The molecular weight excluding hydrogens is 569 g/mol. The molecule has 0 spiro atoms. The molecule has 0 unspecified atom stereocenters. The van der Waals surface area contributed by atoms with Gasteiger partial charge in [0.05, 0.1) is 10.4 Å². The predicted octanol–water partition coefficient (Wildman–Crippen LogP) is 7.34. The second kappa shape index (κ2) is 11.3. The molecule has 3 N–H and O–H groups in total. The van der Waals surface area contributed by atoms with Crippen LogP contribution in [0.4, 0.5) is 15.9 Å². The van der Waals surface area contributed by atoms with Crippen molar-refractivity contribution in [3.8, 4) is 5.75 Å². The Morgan fingerprint density at radius 2 is 1.83 bits per heavy atom. The zero-order valence-corrected chi connectivity index (χ0v) is 23.6. The lowest BCUT2D eigenvalue weighted by atomic mass is 9.78. The summed E-state index contributed by atoms with van der Waals surface area (Å²) in [6.45, 7) is 3.64. The van der Waals surface area contributed by atoms with Crippen LogP contribution in [0.25, 0.3) is 20.3 Å². The number of hydrogen-bond acceptors (Lipinski definition) is 7. The number of benzene rings is 3. The van der Waals surface area contributed by atoms with Gasteiger partial charge in [0.2, 0.25) is 0 Å². The highest BCUT2D eigenvalue weighted by Crippen LogP contribution is 2.41. The van der Waals surface area contributed by atoms with Crippen molar-refractivity contribution in [3.63, 3.8) is 0 Å². The first kappa shape index (κ1) is 28.3. The normalized spacial score (nSPS) is 11.6. The molecule has 41 heavy (non-hydrogen) atoms. The fourth-order valence-corrected chi connectivity index (χ4v) is 6.07. The summed E-state index contributed by atoms with van der Waals surface area (Å²) in [5.74, 6) is -1.59. The fourth-order valence-electron chi connectivity index (χ4n) is 4.70. The summed E-state index contributed by atoms with van der Waals surface area (Å²) < 4.78 is 20.0. The second-order valence-corrected chi connectivity index (χ2v) is 10.8. The van der Waals surface area contributed by atoms with E-state index in [1.54, 1.807) is 55.5 Å². The zero-order chi connectivity index (χ0) is 29.3. The van der Waals surface area contributed by atoms with E-state index < -0.39 is 17.4 Å². The zero-order valence-electron chi connectivity index (χ0n) is 22.1. The van der Waals surface area contributed by atoms with Crippen LogP contribution in [0.15, 0.2) is 60.7 Å². The average molecular weight is 594 g/mol. The van der Waals surface area contributed by atoms with E-state index in [9.17, 15) is 24.2 Å². The Bertz CT molecular complexity index is 1790. The summed E-state index contributed by atoms with van der Waals surface area (Å²) in [6, 6.07) is 16.2. The molecule has 0 amide bonds. The van der Waals surface area contributed by atoms with Gasteiger partial charge in [0.25, 0.3) is 0 Å². The summed E-state index contributed by atoms with van der Waals surface area (Å²) in [7, 11) is 0. The van der Waals surface area contributed by atoms with Crippen molar-refractivity contribution in [2.75, 3.05) is 5.32 Å². The minimum atomic E-state index is -2.05. The smallest absolute Gasteiger partial charge is 0.325 e. The van der Waals surface area contributed by atoms with E-state index >= 15 is 0 Å². The van der Waals surface area contributed by atoms with Crippen molar-refractivity contribution >= 4 is 66.7 Å². The maximum Gasteiger partial charge on any atom is 0.325 e. The molecule has 3 aromatic carbocycles. The largest absolute Gasteiger partial charge is 0.487 e. The number of ether oxygens (including phenoxy) is 1. The number of aryl methyl sites for hydroxylation is 1. The molecule has 0 atom stereocenters. The quantitative estimate of drug-likeness (QED) is 0.144. The lowest BCUT2D eigenvalue weighted by Gasteiger charge is -2.23. The van der Waals surface area contributed by atoms with E-state index in [0.29, 0.717) is 49.6 Å². The Morgan fingerprint density at radius 3 is 2.49 bits per heavy atom. The third kappa shape index (κ3) is 5.28. The lowest BCUT2D eigenvalue weighted by molar-refractivity contribution is -0.157. The molecule has 0 radical (unpaired) electrons. The molecule has 0 aliphatic heterocycles. The van der Waals surface area contributed by atoms with Crippen LogP contribution >= 0.6 is 22.9 Å². The first-order chi connectivity index (χ1) is 19.7. The van der Waals surface area contributed by atoms with Crippen LogP contribution in [0.1, 0.15) is 37.2 Å². The van der Waals surface area contributed by atoms with Crippen molar-refractivity contribution in [2.24, 2.45) is 0 Å². The third-order valence-corrected chi connectivity index (χ3v) is 8.27. The number of thiophene rings is 1. The number of rotatable bonds is 10. The first-order valence-corrected chi connectivity index (χ1v) is 14.0. The highest BCUT2D eigenvalue weighted by atomic mass is 35.5. The summed E-state index contributed by atoms with van der Waals surface area (Å²) in [5, 5.41) is 24.8. The Hall–Kier alpha value is -4.28. The van der Waals surface area contributed by atoms with Crippen LogP contribution in [0.3, 0.4) is 0 Å². The molecule has 0 saturated heterocycles. The Kier molecular flexibility index (Phi) is 7.79. The molecule has 0 aliphatic carbocycles. The fraction of sp³-hybridized carbons (Fsp3) is 0.200. The van der Waals surface area contributed by atoms with Gasteiger partial charge in [-0.15, -0.1) is 11.3 Å². The summed E-state index contributed by atoms with van der Waals surface area (Å²) in [5.41, 5.74) is -0.541. The van der Waals surface area contributed by atoms with Crippen molar-refractivity contribution in [1.29, 1.82) is 0 Å². The molecule has 2 heterocycles. The Labute approximate surface area is 243 Å². The highest BCUT2D eigenvalue weighted by molar-refractivity contribution is 7.25. The van der Waals surface area contributed by atoms with E-state index in [2.05, 4.69) is 10.3 Å². The van der Waals surface area contributed by atoms with Crippen molar-refractivity contribution < 1.29 is 28.9 Å². The molecule has 0 fully saturated rings. The molecule has 2 aromatic heterocycles. The molecule has 0 bridgehead atoms. The van der Waals surface area contributed by atoms with Gasteiger partial charge in [0.15, 0.2) is 5.41 Å². The lowest BCUT2D eigenvalue weighted by Crippen LogP contribution is -2.43. The van der Waals surface area contributed by atoms with Crippen molar-refractivity contribution in [2.45, 2.75) is 38.7 Å². The van der Waals surface area contributed by atoms with E-state index in [4.69, 9.17) is 21.3 Å². The second-order valence-electron chi connectivity index (χ2n) is 9.39. The van der Waals surface area contributed by atoms with Gasteiger partial charge in [-0.05, 0) is 53.9 Å². The van der Waals surface area contributed by atoms with Gasteiger partial charge < -0.3 is 20.3 Å². The maximum absolute atomic E-state index is 13.5. The van der Waals surface area contributed by atoms with Crippen LogP contribution in [-0.2, 0) is 28.0 Å². The molecule has 8 nitrogen and oxygen atoms in total. The number of aliphatic carboxylic acids is 2. The van der Waals surface area contributed by atoms with Gasteiger partial charge in [-0.1, -0.05) is 49.7 Å². The highest BCUT2D eigenvalue weighted by Gasteiger charge is 2.47. The topological polar surface area (TPSA) is 122 Å². The van der Waals surface area contributed by atoms with Gasteiger partial charge in [-0.2, -0.15) is 0 Å². The summed E-state index contributed by atoms with van der Waals surface area (Å²) in [4.78, 5) is 34.2. The number of halogens is 2. The van der Waals surface area contributed by atoms with E-state index in [1.165, 1.54) is 23.5 Å². The van der Waals surface area contributed by atoms with Gasteiger partial charge >= 0.3 is 11.9 Å². The van der Waals surface area contributed by atoms with Crippen LogP contribution < -0.4 is 10.1 Å². The van der Waals surface area contributed by atoms with Gasteiger partial charge in [-0.3, -0.25) is 9.59 Å². The number of anilines is 2. The summed E-state index contributed by atoms with van der Waals surface area (Å²) in [6.07, 6.45) is 0.470. The van der Waals surface area contributed by atoms with Crippen LogP contribution in [0, 0.1) is 5.82 Å². The Balaban J connectivity index is 1.51. The molecule has 11 heteroatoms. The minimum absolute atomic E-state index is 0.108. The van der Waals surface area contributed by atoms with E-state index in [1.807, 2.05) is 6.92 Å². The SMILES string of the molecule is CCc1nc(Nc2ccc(OCc3cccc(F)c3)c(Cl)c2)c2c(n1)sc1cc(C(CC)(C(=O)O)C(=O)O)ccc12. The number of aromatic nitrogens is 2. The van der Waals surface area contributed by atoms with E-state index in [-0.39, 0.29) is 24.4 Å². The van der Waals surface area contributed by atoms with E-state index in [0.717, 1.165) is 10.8 Å². The van der Waals surface area contributed by atoms with Crippen LogP contribution in [-0.4, -0.2) is 32.1 Å². The average Bonchev–Trinajstić information content (AvgIpc) is 3.31. The molecule has 0 saturated carbocycles. The molecule has 5 aromatic rings. The van der Waals surface area contributed by atoms with Crippen molar-refractivity contribution in [1.82, 2.24) is 9.97 Å². The molecule has 0 aliphatic rings. The van der Waals surface area contributed by atoms with Crippen LogP contribution in [0.2, 0.25) is 5.02 Å². The number of nitrogens with one attached hydrogen (secondary N) is 1. The number of carboxylic acids is 2. The number of carboxylic acid groups (broad SMARTS) is 2. The number of fused-ring (bicyclic) bond motifs is 3.